The average Bonchev–Trinajstić information content (AvgIpc) is 2.82. The van der Waals surface area contributed by atoms with E-state index in [0.717, 1.165) is 16.7 Å². The Hall–Kier alpha value is -4.46. The summed E-state index contributed by atoms with van der Waals surface area (Å²) >= 11 is 0. The molecule has 0 saturated heterocycles. The van der Waals surface area contributed by atoms with Gasteiger partial charge in [0.25, 0.3) is 11.8 Å². The lowest BCUT2D eigenvalue weighted by molar-refractivity contribution is 0.0635. The number of aldehydes is 1. The van der Waals surface area contributed by atoms with Crippen molar-refractivity contribution >= 4 is 41.3 Å². The Morgan fingerprint density at radius 3 is 2.03 bits per heavy atom. The molecule has 0 aliphatic heterocycles. The number of amides is 3. The third-order valence-corrected chi connectivity index (χ3v) is 5.48. The second-order valence-corrected chi connectivity index (χ2v) is 9.79. The highest BCUT2D eigenvalue weighted by atomic mass is 16.6. The van der Waals surface area contributed by atoms with Gasteiger partial charge in [0.05, 0.1) is 0 Å². The second-order valence-electron chi connectivity index (χ2n) is 9.79. The normalized spacial score (nSPS) is 10.9. The van der Waals surface area contributed by atoms with E-state index in [4.69, 9.17) is 4.74 Å². The fourth-order valence-corrected chi connectivity index (χ4v) is 3.62. The monoisotopic (exact) mass is 501 g/mol. The van der Waals surface area contributed by atoms with Crippen molar-refractivity contribution < 1.29 is 23.9 Å². The summed E-state index contributed by atoms with van der Waals surface area (Å²) in [6.45, 7) is 10.8. The predicted octanol–water partition coefficient (Wildman–Crippen LogP) is 6.28. The molecule has 3 amide bonds. The molecule has 0 aromatic heterocycles. The Kier molecular flexibility index (Phi) is 8.12. The molecule has 3 aromatic rings. The Bertz CT molecular complexity index is 1370. The van der Waals surface area contributed by atoms with Crippen LogP contribution in [0.1, 0.15) is 68.5 Å². The zero-order valence-corrected chi connectivity index (χ0v) is 21.8. The number of rotatable bonds is 6. The average molecular weight is 502 g/mol. The van der Waals surface area contributed by atoms with Crippen molar-refractivity contribution in [3.8, 4) is 0 Å². The molecule has 0 radical (unpaired) electrons. The van der Waals surface area contributed by atoms with Gasteiger partial charge < -0.3 is 15.4 Å². The Morgan fingerprint density at radius 2 is 1.41 bits per heavy atom. The van der Waals surface area contributed by atoms with Crippen LogP contribution in [-0.2, 0) is 4.74 Å². The summed E-state index contributed by atoms with van der Waals surface area (Å²) in [4.78, 5) is 49.2. The molecule has 3 N–H and O–H groups in total. The summed E-state index contributed by atoms with van der Waals surface area (Å²) < 4.78 is 5.28. The number of anilines is 3. The highest BCUT2D eigenvalue weighted by Gasteiger charge is 2.18. The molecule has 0 aliphatic carbocycles. The van der Waals surface area contributed by atoms with Crippen LogP contribution >= 0.6 is 0 Å². The number of ether oxygens (including phenoxy) is 1. The Morgan fingerprint density at radius 1 is 0.757 bits per heavy atom. The highest BCUT2D eigenvalue weighted by molar-refractivity contribution is 6.08. The maximum atomic E-state index is 13.2. The second kappa shape index (κ2) is 11.1. The molecule has 8 nitrogen and oxygen atoms in total. The summed E-state index contributed by atoms with van der Waals surface area (Å²) in [6, 6.07) is 15.0. The minimum absolute atomic E-state index is 0.347. The molecule has 37 heavy (non-hydrogen) atoms. The lowest BCUT2D eigenvalue weighted by Gasteiger charge is -2.20. The summed E-state index contributed by atoms with van der Waals surface area (Å²) in [6.07, 6.45) is 0.0674. The van der Waals surface area contributed by atoms with Gasteiger partial charge in [-0.25, -0.2) is 4.79 Å². The molecule has 0 saturated carbocycles. The lowest BCUT2D eigenvalue weighted by Crippen LogP contribution is -2.27. The van der Waals surface area contributed by atoms with Gasteiger partial charge in [0.15, 0.2) is 0 Å². The summed E-state index contributed by atoms with van der Waals surface area (Å²) in [5, 5.41) is 8.40. The molecule has 8 heteroatoms. The van der Waals surface area contributed by atoms with E-state index >= 15 is 0 Å². The van der Waals surface area contributed by atoms with Crippen LogP contribution in [0.25, 0.3) is 0 Å². The van der Waals surface area contributed by atoms with Gasteiger partial charge >= 0.3 is 6.09 Å². The van der Waals surface area contributed by atoms with Crippen LogP contribution in [0.2, 0.25) is 0 Å². The van der Waals surface area contributed by atoms with Crippen LogP contribution < -0.4 is 16.0 Å². The van der Waals surface area contributed by atoms with Gasteiger partial charge in [0.1, 0.15) is 11.9 Å². The zero-order valence-electron chi connectivity index (χ0n) is 21.8. The number of nitrogens with one attached hydrogen (secondary N) is 3. The minimum Gasteiger partial charge on any atom is -0.444 e. The third kappa shape index (κ3) is 7.27. The van der Waals surface area contributed by atoms with Crippen molar-refractivity contribution in [3.05, 3.63) is 88.0 Å². The van der Waals surface area contributed by atoms with Crippen LogP contribution in [0.3, 0.4) is 0 Å². The van der Waals surface area contributed by atoms with Gasteiger partial charge in [0, 0.05) is 33.8 Å². The Labute approximate surface area is 216 Å². The first-order valence-corrected chi connectivity index (χ1v) is 11.8. The molecular weight excluding hydrogens is 470 g/mol. The topological polar surface area (TPSA) is 114 Å². The summed E-state index contributed by atoms with van der Waals surface area (Å²) in [7, 11) is 0. The van der Waals surface area contributed by atoms with Gasteiger partial charge in [-0.05, 0) is 88.6 Å². The number of aryl methyl sites for hydroxylation is 3. The first-order chi connectivity index (χ1) is 17.4. The molecule has 0 fully saturated rings. The van der Waals surface area contributed by atoms with E-state index in [1.165, 1.54) is 6.07 Å². The van der Waals surface area contributed by atoms with Gasteiger partial charge in [-0.2, -0.15) is 0 Å². The van der Waals surface area contributed by atoms with Crippen LogP contribution in [0.15, 0.2) is 54.6 Å². The molecule has 3 rings (SSSR count). The number of hydrogen-bond donors (Lipinski definition) is 3. The zero-order chi connectivity index (χ0) is 27.3. The predicted molar refractivity (Wildman–Crippen MR) is 145 cm³/mol. The van der Waals surface area contributed by atoms with Gasteiger partial charge in [-0.3, -0.25) is 19.7 Å². The van der Waals surface area contributed by atoms with E-state index < -0.39 is 11.7 Å². The van der Waals surface area contributed by atoms with E-state index in [-0.39, 0.29) is 11.8 Å². The van der Waals surface area contributed by atoms with Gasteiger partial charge in [-0.15, -0.1) is 0 Å². The van der Waals surface area contributed by atoms with Crippen LogP contribution in [0.4, 0.5) is 21.9 Å². The molecule has 0 bridgehead atoms. The van der Waals surface area contributed by atoms with Gasteiger partial charge in [0.2, 0.25) is 0 Å². The van der Waals surface area contributed by atoms with E-state index in [9.17, 15) is 19.2 Å². The summed E-state index contributed by atoms with van der Waals surface area (Å²) in [5.41, 5.74) is 4.31. The first kappa shape index (κ1) is 27.1. The fraction of sp³-hybridized carbons (Fsp3) is 0.241. The van der Waals surface area contributed by atoms with Crippen molar-refractivity contribution in [2.24, 2.45) is 0 Å². The van der Waals surface area contributed by atoms with E-state index in [1.54, 1.807) is 70.2 Å². The van der Waals surface area contributed by atoms with E-state index in [0.29, 0.717) is 40.0 Å². The summed E-state index contributed by atoms with van der Waals surface area (Å²) in [5.74, 6) is -0.738. The van der Waals surface area contributed by atoms with Crippen molar-refractivity contribution in [1.82, 2.24) is 0 Å². The van der Waals surface area contributed by atoms with Crippen LogP contribution in [0.5, 0.6) is 0 Å². The van der Waals surface area contributed by atoms with Crippen molar-refractivity contribution in [2.75, 3.05) is 16.0 Å². The van der Waals surface area contributed by atoms with Crippen molar-refractivity contribution in [2.45, 2.75) is 47.1 Å². The molecule has 0 heterocycles. The largest absolute Gasteiger partial charge is 0.444 e. The smallest absolute Gasteiger partial charge is 0.412 e. The molecule has 0 aliphatic rings. The fourth-order valence-electron chi connectivity index (χ4n) is 3.62. The standard InChI is InChI=1S/C29H31N3O5/c1-17-10-11-22(30-28(36)37-29(4,5)6)14-23(17)27(35)32-25-15-24(18(2)12-19(25)3)31-26(34)21-9-7-8-20(13-21)16-33/h7-16H,1-6H3,(H,30,36)(H,31,34)(H,32,35). The molecule has 192 valence electrons. The quantitative estimate of drug-likeness (QED) is 0.344. The molecular formula is C29H31N3O5. The van der Waals surface area contributed by atoms with Gasteiger partial charge in [-0.1, -0.05) is 24.3 Å². The van der Waals surface area contributed by atoms with E-state index in [2.05, 4.69) is 16.0 Å². The molecule has 0 unspecified atom stereocenters. The maximum absolute atomic E-state index is 13.2. The Balaban J connectivity index is 1.81. The highest BCUT2D eigenvalue weighted by Crippen LogP contribution is 2.27. The molecule has 0 spiro atoms. The maximum Gasteiger partial charge on any atom is 0.412 e. The lowest BCUT2D eigenvalue weighted by atomic mass is 10.0. The van der Waals surface area contributed by atoms with Crippen LogP contribution in [0, 0.1) is 20.8 Å². The first-order valence-electron chi connectivity index (χ1n) is 11.8. The number of carbonyl (C=O) groups excluding carboxylic acids is 4. The van der Waals surface area contributed by atoms with E-state index in [1.807, 2.05) is 19.9 Å². The number of hydrogen-bond acceptors (Lipinski definition) is 5. The third-order valence-electron chi connectivity index (χ3n) is 5.48. The van der Waals surface area contributed by atoms with Crippen molar-refractivity contribution in [3.63, 3.8) is 0 Å². The molecule has 0 atom stereocenters. The minimum atomic E-state index is -0.650. The SMILES string of the molecule is Cc1cc(C)c(NC(=O)c2cc(NC(=O)OC(C)(C)C)ccc2C)cc1NC(=O)c1cccc(C=O)c1. The van der Waals surface area contributed by atoms with Crippen molar-refractivity contribution in [1.29, 1.82) is 0 Å². The van der Waals surface area contributed by atoms with Crippen LogP contribution in [-0.4, -0.2) is 29.8 Å². The molecule has 3 aromatic carbocycles. The number of benzene rings is 3. The number of carbonyl (C=O) groups is 4.